The van der Waals surface area contributed by atoms with Crippen LogP contribution in [0.2, 0.25) is 0 Å². The van der Waals surface area contributed by atoms with Gasteiger partial charge in [-0.05, 0) is 31.0 Å². The number of carbonyl (C=O) groups is 2. The van der Waals surface area contributed by atoms with E-state index >= 15 is 0 Å². The first kappa shape index (κ1) is 18.4. The molecule has 2 aromatic rings. The maximum absolute atomic E-state index is 12.2. The van der Waals surface area contributed by atoms with Crippen LogP contribution in [0.5, 0.6) is 11.6 Å². The quantitative estimate of drug-likeness (QED) is 0.766. The van der Waals surface area contributed by atoms with Crippen LogP contribution < -0.4 is 10.1 Å². The van der Waals surface area contributed by atoms with Gasteiger partial charge in [0, 0.05) is 18.8 Å². The molecular formula is C19H22N2O4. The third-order valence-electron chi connectivity index (χ3n) is 4.36. The number of nitrogens with zero attached hydrogens (tertiary/aromatic N) is 1. The summed E-state index contributed by atoms with van der Waals surface area (Å²) in [5.74, 6) is -0.220. The highest BCUT2D eigenvalue weighted by atomic mass is 16.5. The van der Waals surface area contributed by atoms with Crippen LogP contribution in [0.3, 0.4) is 0 Å². The molecule has 1 aromatic carbocycles. The number of hydrogen-bond donors (Lipinski definition) is 2. The number of rotatable bonds is 8. The number of amides is 1. The Hall–Kier alpha value is -2.89. The number of carboxylic acids is 1. The number of para-hydroxylation sites is 1. The molecule has 0 aliphatic heterocycles. The van der Waals surface area contributed by atoms with Crippen LogP contribution >= 0.6 is 0 Å². The standard InChI is InChI=1S/C19H22N2O4/c1-3-19(4-2,18(23)24)13-21-17(22)14-10-11-16(20-12-14)25-15-8-6-5-7-9-15/h5-12H,3-4,13H2,1-2H3,(H,21,22)(H,23,24). The second-order valence-corrected chi connectivity index (χ2v) is 5.78. The third-order valence-corrected chi connectivity index (χ3v) is 4.36. The smallest absolute Gasteiger partial charge is 0.311 e. The van der Waals surface area contributed by atoms with Crippen molar-refractivity contribution in [1.82, 2.24) is 10.3 Å². The Labute approximate surface area is 146 Å². The lowest BCUT2D eigenvalue weighted by atomic mass is 9.82. The molecule has 2 rings (SSSR count). The van der Waals surface area contributed by atoms with E-state index in [1.165, 1.54) is 6.20 Å². The van der Waals surface area contributed by atoms with Gasteiger partial charge in [0.15, 0.2) is 0 Å². The summed E-state index contributed by atoms with van der Waals surface area (Å²) in [4.78, 5) is 27.8. The van der Waals surface area contributed by atoms with Gasteiger partial charge in [-0.3, -0.25) is 9.59 Å². The first-order chi connectivity index (χ1) is 12.0. The van der Waals surface area contributed by atoms with Crippen LogP contribution in [0.15, 0.2) is 48.7 Å². The zero-order chi connectivity index (χ0) is 18.3. The average Bonchev–Trinajstić information content (AvgIpc) is 2.64. The fraction of sp³-hybridized carbons (Fsp3) is 0.316. The van der Waals surface area contributed by atoms with Crippen molar-refractivity contribution < 1.29 is 19.4 Å². The van der Waals surface area contributed by atoms with Crippen LogP contribution in [0.4, 0.5) is 0 Å². The van der Waals surface area contributed by atoms with Gasteiger partial charge < -0.3 is 15.2 Å². The van der Waals surface area contributed by atoms with Crippen molar-refractivity contribution in [3.05, 3.63) is 54.2 Å². The number of ether oxygens (including phenoxy) is 1. The van der Waals surface area contributed by atoms with Gasteiger partial charge >= 0.3 is 5.97 Å². The number of nitrogens with one attached hydrogen (secondary N) is 1. The van der Waals surface area contributed by atoms with E-state index in [0.29, 0.717) is 30.0 Å². The topological polar surface area (TPSA) is 88.5 Å². The van der Waals surface area contributed by atoms with E-state index in [1.807, 2.05) is 30.3 Å². The van der Waals surface area contributed by atoms with Gasteiger partial charge in [-0.2, -0.15) is 0 Å². The van der Waals surface area contributed by atoms with E-state index in [4.69, 9.17) is 4.74 Å². The lowest BCUT2D eigenvalue weighted by Crippen LogP contribution is -2.42. The zero-order valence-corrected chi connectivity index (χ0v) is 14.4. The van der Waals surface area contributed by atoms with Crippen molar-refractivity contribution in [3.63, 3.8) is 0 Å². The number of carboxylic acid groups (broad SMARTS) is 1. The normalized spacial score (nSPS) is 11.0. The predicted octanol–water partition coefficient (Wildman–Crippen LogP) is 3.49. The van der Waals surface area contributed by atoms with Crippen LogP contribution in [-0.4, -0.2) is 28.5 Å². The van der Waals surface area contributed by atoms with Gasteiger partial charge in [-0.25, -0.2) is 4.98 Å². The number of benzene rings is 1. The van der Waals surface area contributed by atoms with E-state index < -0.39 is 11.4 Å². The van der Waals surface area contributed by atoms with Crippen LogP contribution in [0.25, 0.3) is 0 Å². The largest absolute Gasteiger partial charge is 0.481 e. The lowest BCUT2D eigenvalue weighted by Gasteiger charge is -2.26. The molecule has 2 N–H and O–H groups in total. The molecule has 0 saturated carbocycles. The van der Waals surface area contributed by atoms with Crippen LogP contribution in [0, 0.1) is 5.41 Å². The Morgan fingerprint density at radius 1 is 1.12 bits per heavy atom. The Morgan fingerprint density at radius 2 is 1.80 bits per heavy atom. The summed E-state index contributed by atoms with van der Waals surface area (Å²) in [6.07, 6.45) is 2.30. The average molecular weight is 342 g/mol. The van der Waals surface area contributed by atoms with Crippen LogP contribution in [0.1, 0.15) is 37.0 Å². The Morgan fingerprint density at radius 3 is 2.32 bits per heavy atom. The minimum atomic E-state index is -0.945. The molecule has 0 bridgehead atoms. The van der Waals surface area contributed by atoms with Crippen molar-refractivity contribution in [1.29, 1.82) is 0 Å². The maximum Gasteiger partial charge on any atom is 0.311 e. The van der Waals surface area contributed by atoms with E-state index in [-0.39, 0.29) is 12.5 Å². The summed E-state index contributed by atoms with van der Waals surface area (Å²) in [6, 6.07) is 12.4. The zero-order valence-electron chi connectivity index (χ0n) is 14.4. The molecule has 6 nitrogen and oxygen atoms in total. The van der Waals surface area contributed by atoms with E-state index in [0.717, 1.165) is 0 Å². The highest BCUT2D eigenvalue weighted by molar-refractivity contribution is 5.94. The summed E-state index contributed by atoms with van der Waals surface area (Å²) in [5.41, 5.74) is -0.591. The Kier molecular flexibility index (Phi) is 6.11. The van der Waals surface area contributed by atoms with Crippen molar-refractivity contribution in [3.8, 4) is 11.6 Å². The van der Waals surface area contributed by atoms with Crippen LogP contribution in [-0.2, 0) is 4.79 Å². The summed E-state index contributed by atoms with van der Waals surface area (Å²) in [5, 5.41) is 12.1. The molecular weight excluding hydrogens is 320 g/mol. The molecule has 0 unspecified atom stereocenters. The third kappa shape index (κ3) is 4.56. The summed E-state index contributed by atoms with van der Waals surface area (Å²) >= 11 is 0. The fourth-order valence-electron chi connectivity index (χ4n) is 2.41. The first-order valence-electron chi connectivity index (χ1n) is 8.21. The molecule has 0 fully saturated rings. The fourth-order valence-corrected chi connectivity index (χ4v) is 2.41. The number of aromatic nitrogens is 1. The van der Waals surface area contributed by atoms with Gasteiger partial charge in [-0.15, -0.1) is 0 Å². The molecule has 6 heteroatoms. The molecule has 1 heterocycles. The molecule has 0 spiro atoms. The van der Waals surface area contributed by atoms with Crippen molar-refractivity contribution >= 4 is 11.9 Å². The second kappa shape index (κ2) is 8.28. The molecule has 25 heavy (non-hydrogen) atoms. The van der Waals surface area contributed by atoms with E-state index in [1.54, 1.807) is 26.0 Å². The summed E-state index contributed by atoms with van der Waals surface area (Å²) in [7, 11) is 0. The summed E-state index contributed by atoms with van der Waals surface area (Å²) in [6.45, 7) is 3.69. The molecule has 132 valence electrons. The van der Waals surface area contributed by atoms with Crippen molar-refractivity contribution in [2.24, 2.45) is 5.41 Å². The molecule has 1 amide bonds. The second-order valence-electron chi connectivity index (χ2n) is 5.78. The Balaban J connectivity index is 1.99. The number of pyridine rings is 1. The monoisotopic (exact) mass is 342 g/mol. The van der Waals surface area contributed by atoms with Gasteiger partial charge in [0.1, 0.15) is 5.75 Å². The van der Waals surface area contributed by atoms with E-state index in [2.05, 4.69) is 10.3 Å². The first-order valence-corrected chi connectivity index (χ1v) is 8.21. The van der Waals surface area contributed by atoms with E-state index in [9.17, 15) is 14.7 Å². The van der Waals surface area contributed by atoms with Crippen molar-refractivity contribution in [2.45, 2.75) is 26.7 Å². The number of carbonyl (C=O) groups excluding carboxylic acids is 1. The minimum absolute atomic E-state index is 0.0798. The predicted molar refractivity (Wildman–Crippen MR) is 93.7 cm³/mol. The highest BCUT2D eigenvalue weighted by Crippen LogP contribution is 2.26. The SMILES string of the molecule is CCC(CC)(CNC(=O)c1ccc(Oc2ccccc2)nc1)C(=O)O. The van der Waals surface area contributed by atoms with Gasteiger partial charge in [0.2, 0.25) is 5.88 Å². The molecule has 0 aliphatic rings. The molecule has 0 atom stereocenters. The number of aliphatic carboxylic acids is 1. The molecule has 0 aliphatic carbocycles. The van der Waals surface area contributed by atoms with Crippen molar-refractivity contribution in [2.75, 3.05) is 6.54 Å². The summed E-state index contributed by atoms with van der Waals surface area (Å²) < 4.78 is 5.57. The lowest BCUT2D eigenvalue weighted by molar-refractivity contribution is -0.149. The molecule has 0 radical (unpaired) electrons. The molecule has 1 aromatic heterocycles. The molecule has 0 saturated heterocycles. The maximum atomic E-state index is 12.2. The van der Waals surface area contributed by atoms with Gasteiger partial charge in [0.05, 0.1) is 11.0 Å². The van der Waals surface area contributed by atoms with Gasteiger partial charge in [-0.1, -0.05) is 32.0 Å². The minimum Gasteiger partial charge on any atom is -0.481 e. The number of hydrogen-bond acceptors (Lipinski definition) is 4. The van der Waals surface area contributed by atoms with Gasteiger partial charge in [0.25, 0.3) is 5.91 Å². The highest BCUT2D eigenvalue weighted by Gasteiger charge is 2.35. The Bertz CT molecular complexity index is 710.